The van der Waals surface area contributed by atoms with Gasteiger partial charge in [0, 0.05) is 6.42 Å². The second-order valence-electron chi connectivity index (χ2n) is 5.73. The van der Waals surface area contributed by atoms with E-state index in [2.05, 4.69) is 6.92 Å². The zero-order valence-electron chi connectivity index (χ0n) is 9.87. The molecule has 4 heteroatoms. The Morgan fingerprint density at radius 2 is 2.20 bits per heavy atom. The van der Waals surface area contributed by atoms with E-state index in [4.69, 9.17) is 9.47 Å². The predicted octanol–water partition coefficient (Wildman–Crippen LogP) is 1.78. The van der Waals surface area contributed by atoms with Gasteiger partial charge >= 0.3 is 6.09 Å². The number of hydrogen-bond acceptors (Lipinski definition) is 3. The molecule has 0 saturated carbocycles. The van der Waals surface area contributed by atoms with Crippen LogP contribution in [0.15, 0.2) is 0 Å². The van der Waals surface area contributed by atoms with Crippen molar-refractivity contribution in [3.8, 4) is 0 Å². The molecule has 0 aromatic rings. The zero-order valence-corrected chi connectivity index (χ0v) is 9.87. The maximum atomic E-state index is 11.8. The lowest BCUT2D eigenvalue weighted by atomic mass is 10.1. The summed E-state index contributed by atoms with van der Waals surface area (Å²) in [4.78, 5) is 13.6. The summed E-state index contributed by atoms with van der Waals surface area (Å²) in [7, 11) is 0. The van der Waals surface area contributed by atoms with Crippen molar-refractivity contribution in [1.82, 2.24) is 4.90 Å². The monoisotopic (exact) mass is 213 g/mol. The van der Waals surface area contributed by atoms with E-state index >= 15 is 0 Å². The molecule has 0 spiro atoms. The van der Waals surface area contributed by atoms with E-state index in [9.17, 15) is 4.79 Å². The zero-order chi connectivity index (χ0) is 11.3. The molecule has 0 aliphatic carbocycles. The molecule has 2 bridgehead atoms. The fourth-order valence-electron chi connectivity index (χ4n) is 2.25. The SMILES string of the molecule is CC(C)(C)OC(=O)N1CC2(C)CC1CO2. The highest BCUT2D eigenvalue weighted by Gasteiger charge is 2.50. The first-order valence-electron chi connectivity index (χ1n) is 5.43. The van der Waals surface area contributed by atoms with Gasteiger partial charge in [-0.15, -0.1) is 0 Å². The molecule has 2 fully saturated rings. The Labute approximate surface area is 90.5 Å². The molecule has 2 unspecified atom stereocenters. The van der Waals surface area contributed by atoms with Crippen molar-refractivity contribution in [2.24, 2.45) is 0 Å². The number of fused-ring (bicyclic) bond motifs is 2. The second kappa shape index (κ2) is 3.11. The number of amides is 1. The molecular weight excluding hydrogens is 194 g/mol. The first-order chi connectivity index (χ1) is 6.79. The van der Waals surface area contributed by atoms with E-state index < -0.39 is 5.60 Å². The minimum absolute atomic E-state index is 0.137. The van der Waals surface area contributed by atoms with Gasteiger partial charge in [0.15, 0.2) is 0 Å². The fraction of sp³-hybridized carbons (Fsp3) is 0.909. The molecule has 0 radical (unpaired) electrons. The maximum Gasteiger partial charge on any atom is 0.410 e. The molecule has 0 N–H and O–H groups in total. The number of hydrogen-bond donors (Lipinski definition) is 0. The highest BCUT2D eigenvalue weighted by Crippen LogP contribution is 2.37. The Kier molecular flexibility index (Phi) is 2.23. The maximum absolute atomic E-state index is 11.8. The van der Waals surface area contributed by atoms with Gasteiger partial charge in [-0.2, -0.15) is 0 Å². The minimum Gasteiger partial charge on any atom is -0.444 e. The van der Waals surface area contributed by atoms with Crippen molar-refractivity contribution in [3.63, 3.8) is 0 Å². The van der Waals surface area contributed by atoms with Gasteiger partial charge in [-0.1, -0.05) is 0 Å². The number of carbonyl (C=O) groups excluding carboxylic acids is 1. The summed E-state index contributed by atoms with van der Waals surface area (Å²) >= 11 is 0. The van der Waals surface area contributed by atoms with Crippen molar-refractivity contribution in [2.75, 3.05) is 13.2 Å². The lowest BCUT2D eigenvalue weighted by Gasteiger charge is -2.32. The van der Waals surface area contributed by atoms with E-state index in [1.807, 2.05) is 20.8 Å². The second-order valence-corrected chi connectivity index (χ2v) is 5.73. The van der Waals surface area contributed by atoms with Gasteiger partial charge in [0.1, 0.15) is 5.60 Å². The topological polar surface area (TPSA) is 38.8 Å². The Morgan fingerprint density at radius 1 is 1.53 bits per heavy atom. The highest BCUT2D eigenvalue weighted by molar-refractivity contribution is 5.69. The predicted molar refractivity (Wildman–Crippen MR) is 55.7 cm³/mol. The molecule has 0 aromatic heterocycles. The first kappa shape index (κ1) is 10.7. The largest absolute Gasteiger partial charge is 0.444 e. The van der Waals surface area contributed by atoms with E-state index in [1.165, 1.54) is 0 Å². The van der Waals surface area contributed by atoms with Gasteiger partial charge in [-0.05, 0) is 27.7 Å². The lowest BCUT2D eigenvalue weighted by molar-refractivity contribution is -0.0436. The molecular formula is C11H19NO3. The molecule has 2 heterocycles. The van der Waals surface area contributed by atoms with Crippen LogP contribution in [0.1, 0.15) is 34.1 Å². The van der Waals surface area contributed by atoms with Gasteiger partial charge < -0.3 is 9.47 Å². The van der Waals surface area contributed by atoms with Crippen LogP contribution in [-0.2, 0) is 9.47 Å². The average molecular weight is 213 g/mol. The third-order valence-corrected chi connectivity index (χ3v) is 2.87. The molecule has 2 rings (SSSR count). The summed E-state index contributed by atoms with van der Waals surface area (Å²) in [6, 6.07) is 0.213. The summed E-state index contributed by atoms with van der Waals surface area (Å²) in [6.07, 6.45) is 0.728. The summed E-state index contributed by atoms with van der Waals surface area (Å²) in [6.45, 7) is 9.02. The van der Waals surface area contributed by atoms with Crippen LogP contribution in [0.2, 0.25) is 0 Å². The Bertz CT molecular complexity index is 284. The first-order valence-corrected chi connectivity index (χ1v) is 5.43. The van der Waals surface area contributed by atoms with E-state index in [-0.39, 0.29) is 17.7 Å². The smallest absolute Gasteiger partial charge is 0.410 e. The molecule has 2 atom stereocenters. The minimum atomic E-state index is -0.416. The van der Waals surface area contributed by atoms with Crippen LogP contribution in [0.5, 0.6) is 0 Å². The molecule has 15 heavy (non-hydrogen) atoms. The number of carbonyl (C=O) groups is 1. The van der Waals surface area contributed by atoms with Gasteiger partial charge in [-0.3, -0.25) is 4.90 Å². The Hall–Kier alpha value is -0.770. The van der Waals surface area contributed by atoms with Crippen molar-refractivity contribution in [2.45, 2.75) is 51.4 Å². The summed E-state index contributed by atoms with van der Waals surface area (Å²) in [5.74, 6) is 0. The number of morpholine rings is 1. The van der Waals surface area contributed by atoms with Crippen LogP contribution < -0.4 is 0 Å². The average Bonchev–Trinajstić information content (AvgIpc) is 2.55. The number of rotatable bonds is 0. The van der Waals surface area contributed by atoms with Gasteiger partial charge in [0.05, 0.1) is 24.8 Å². The Balaban J connectivity index is 1.99. The highest BCUT2D eigenvalue weighted by atomic mass is 16.6. The number of nitrogens with zero attached hydrogens (tertiary/aromatic N) is 1. The van der Waals surface area contributed by atoms with E-state index in [0.29, 0.717) is 13.2 Å². The van der Waals surface area contributed by atoms with Crippen molar-refractivity contribution in [1.29, 1.82) is 0 Å². The standard InChI is InChI=1S/C11H19NO3/c1-10(2,3)15-9(13)12-7-11(4)5-8(12)6-14-11/h8H,5-7H2,1-4H3. The van der Waals surface area contributed by atoms with Crippen LogP contribution in [0.3, 0.4) is 0 Å². The van der Waals surface area contributed by atoms with Crippen molar-refractivity contribution < 1.29 is 14.3 Å². The van der Waals surface area contributed by atoms with Crippen LogP contribution in [0, 0.1) is 0 Å². The Morgan fingerprint density at radius 3 is 2.60 bits per heavy atom. The van der Waals surface area contributed by atoms with Gasteiger partial charge in [-0.25, -0.2) is 4.79 Å². The molecule has 0 aromatic carbocycles. The molecule has 2 aliphatic rings. The number of likely N-dealkylation sites (tertiary alicyclic amines) is 1. The molecule has 4 nitrogen and oxygen atoms in total. The third kappa shape index (κ3) is 2.09. The van der Waals surface area contributed by atoms with Crippen LogP contribution in [-0.4, -0.2) is 41.4 Å². The summed E-state index contributed by atoms with van der Waals surface area (Å²) in [5.41, 5.74) is -0.553. The molecule has 86 valence electrons. The summed E-state index contributed by atoms with van der Waals surface area (Å²) in [5, 5.41) is 0. The third-order valence-electron chi connectivity index (χ3n) is 2.87. The molecule has 1 amide bonds. The fourth-order valence-corrected chi connectivity index (χ4v) is 2.25. The van der Waals surface area contributed by atoms with Crippen molar-refractivity contribution >= 4 is 6.09 Å². The van der Waals surface area contributed by atoms with Gasteiger partial charge in [0.2, 0.25) is 0 Å². The summed E-state index contributed by atoms with van der Waals surface area (Å²) < 4.78 is 11.0. The number of ether oxygens (including phenoxy) is 2. The van der Waals surface area contributed by atoms with Crippen LogP contribution in [0.25, 0.3) is 0 Å². The van der Waals surface area contributed by atoms with E-state index in [0.717, 1.165) is 6.42 Å². The van der Waals surface area contributed by atoms with Crippen LogP contribution in [0.4, 0.5) is 4.79 Å². The van der Waals surface area contributed by atoms with Crippen molar-refractivity contribution in [3.05, 3.63) is 0 Å². The normalized spacial score (nSPS) is 34.7. The van der Waals surface area contributed by atoms with Gasteiger partial charge in [0.25, 0.3) is 0 Å². The quantitative estimate of drug-likeness (QED) is 0.615. The lowest BCUT2D eigenvalue weighted by Crippen LogP contribution is -2.46. The molecule has 2 aliphatic heterocycles. The van der Waals surface area contributed by atoms with E-state index in [1.54, 1.807) is 4.90 Å². The molecule has 2 saturated heterocycles. The van der Waals surface area contributed by atoms with Crippen LogP contribution >= 0.6 is 0 Å².